The van der Waals surface area contributed by atoms with Crippen LogP contribution in [0.3, 0.4) is 0 Å². The van der Waals surface area contributed by atoms with Gasteiger partial charge in [0.25, 0.3) is 0 Å². The van der Waals surface area contributed by atoms with E-state index in [1.807, 2.05) is 0 Å². The lowest BCUT2D eigenvalue weighted by molar-refractivity contribution is -0.133. The third kappa shape index (κ3) is 5.82. The number of amides is 1. The number of hydrogen-bond donors (Lipinski definition) is 1. The monoisotopic (exact) mass is 282 g/mol. The van der Waals surface area contributed by atoms with E-state index in [9.17, 15) is 4.79 Å². The number of rotatable bonds is 8. The van der Waals surface area contributed by atoms with Crippen LogP contribution in [0.1, 0.15) is 78.6 Å². The zero-order chi connectivity index (χ0) is 15.0. The van der Waals surface area contributed by atoms with E-state index in [1.54, 1.807) is 0 Å². The van der Waals surface area contributed by atoms with E-state index in [0.717, 1.165) is 38.6 Å². The molecule has 0 bridgehead atoms. The Kier molecular flexibility index (Phi) is 8.20. The number of unbranched alkanes of at least 4 members (excludes halogenated alkanes) is 1. The van der Waals surface area contributed by atoms with Gasteiger partial charge in [0.1, 0.15) is 0 Å². The average Bonchev–Trinajstić information content (AvgIpc) is 2.45. The van der Waals surface area contributed by atoms with Crippen LogP contribution in [0.5, 0.6) is 0 Å². The number of nitrogens with two attached hydrogens (primary N) is 1. The Morgan fingerprint density at radius 1 is 1.35 bits per heavy atom. The predicted octanol–water partition coefficient (Wildman–Crippen LogP) is 3.71. The van der Waals surface area contributed by atoms with E-state index in [2.05, 4.69) is 25.7 Å². The fourth-order valence-electron chi connectivity index (χ4n) is 3.21. The number of nitrogens with zero attached hydrogens (tertiary/aromatic N) is 1. The first-order chi connectivity index (χ1) is 9.58. The third-order valence-electron chi connectivity index (χ3n) is 4.79. The molecule has 3 atom stereocenters. The fourth-order valence-corrected chi connectivity index (χ4v) is 3.21. The van der Waals surface area contributed by atoms with Gasteiger partial charge in [-0.3, -0.25) is 4.79 Å². The van der Waals surface area contributed by atoms with Crippen molar-refractivity contribution in [1.82, 2.24) is 4.90 Å². The summed E-state index contributed by atoms with van der Waals surface area (Å²) in [7, 11) is 0. The van der Waals surface area contributed by atoms with Gasteiger partial charge in [0, 0.05) is 25.0 Å². The minimum Gasteiger partial charge on any atom is -0.340 e. The van der Waals surface area contributed by atoms with Crippen LogP contribution in [-0.4, -0.2) is 29.4 Å². The highest BCUT2D eigenvalue weighted by molar-refractivity contribution is 5.76. The SMILES string of the molecule is CCCCN(C(=O)CCC1CCCC(N)C1)C(C)CC. The molecule has 1 saturated carbocycles. The highest BCUT2D eigenvalue weighted by Gasteiger charge is 2.22. The van der Waals surface area contributed by atoms with Crippen LogP contribution in [-0.2, 0) is 4.79 Å². The first-order valence-electron chi connectivity index (χ1n) is 8.63. The molecule has 3 unspecified atom stereocenters. The molecule has 0 saturated heterocycles. The fraction of sp³-hybridized carbons (Fsp3) is 0.941. The van der Waals surface area contributed by atoms with E-state index in [1.165, 1.54) is 19.3 Å². The van der Waals surface area contributed by atoms with Gasteiger partial charge < -0.3 is 10.6 Å². The highest BCUT2D eigenvalue weighted by atomic mass is 16.2. The van der Waals surface area contributed by atoms with Gasteiger partial charge >= 0.3 is 0 Å². The Labute approximate surface area is 125 Å². The molecule has 0 aromatic rings. The van der Waals surface area contributed by atoms with Gasteiger partial charge in [-0.05, 0) is 44.9 Å². The van der Waals surface area contributed by atoms with Gasteiger partial charge in [-0.25, -0.2) is 0 Å². The molecule has 3 nitrogen and oxygen atoms in total. The molecule has 0 heterocycles. The molecule has 1 rings (SSSR count). The molecule has 1 aliphatic rings. The molecule has 0 spiro atoms. The normalized spacial score (nSPS) is 24.4. The van der Waals surface area contributed by atoms with E-state index in [0.29, 0.717) is 30.3 Å². The number of hydrogen-bond acceptors (Lipinski definition) is 2. The van der Waals surface area contributed by atoms with Crippen LogP contribution in [0, 0.1) is 5.92 Å². The molecule has 1 aliphatic carbocycles. The Balaban J connectivity index is 2.40. The summed E-state index contributed by atoms with van der Waals surface area (Å²) in [5, 5.41) is 0. The molecule has 0 aromatic carbocycles. The first-order valence-corrected chi connectivity index (χ1v) is 8.63. The average molecular weight is 282 g/mol. The van der Waals surface area contributed by atoms with Gasteiger partial charge in [-0.1, -0.05) is 33.1 Å². The van der Waals surface area contributed by atoms with Crippen LogP contribution < -0.4 is 5.73 Å². The highest BCUT2D eigenvalue weighted by Crippen LogP contribution is 2.27. The lowest BCUT2D eigenvalue weighted by atomic mass is 9.83. The Hall–Kier alpha value is -0.570. The van der Waals surface area contributed by atoms with Crippen molar-refractivity contribution in [3.63, 3.8) is 0 Å². The van der Waals surface area contributed by atoms with E-state index in [-0.39, 0.29) is 0 Å². The Morgan fingerprint density at radius 2 is 2.10 bits per heavy atom. The summed E-state index contributed by atoms with van der Waals surface area (Å²) in [5.41, 5.74) is 6.03. The maximum atomic E-state index is 12.5. The van der Waals surface area contributed by atoms with E-state index in [4.69, 9.17) is 5.73 Å². The number of carbonyl (C=O) groups is 1. The smallest absolute Gasteiger partial charge is 0.222 e. The van der Waals surface area contributed by atoms with Crippen molar-refractivity contribution in [3.8, 4) is 0 Å². The van der Waals surface area contributed by atoms with Crippen LogP contribution >= 0.6 is 0 Å². The molecule has 0 aliphatic heterocycles. The molecule has 3 heteroatoms. The zero-order valence-electron chi connectivity index (χ0n) is 13.7. The van der Waals surface area contributed by atoms with Gasteiger partial charge in [-0.15, -0.1) is 0 Å². The Bertz CT molecular complexity index is 280. The standard InChI is InChI=1S/C17H34N2O/c1-4-6-12-19(14(3)5-2)17(20)11-10-15-8-7-9-16(18)13-15/h14-16H,4-13,18H2,1-3H3. The second kappa shape index (κ2) is 9.38. The summed E-state index contributed by atoms with van der Waals surface area (Å²) < 4.78 is 0. The summed E-state index contributed by atoms with van der Waals surface area (Å²) in [5.74, 6) is 1.03. The lowest BCUT2D eigenvalue weighted by Gasteiger charge is -2.30. The summed E-state index contributed by atoms with van der Waals surface area (Å²) in [6, 6.07) is 0.747. The second-order valence-electron chi connectivity index (χ2n) is 6.53. The molecule has 0 radical (unpaired) electrons. The molecule has 1 fully saturated rings. The van der Waals surface area contributed by atoms with Crippen molar-refractivity contribution in [2.75, 3.05) is 6.54 Å². The van der Waals surface area contributed by atoms with Crippen LogP contribution in [0.15, 0.2) is 0 Å². The summed E-state index contributed by atoms with van der Waals surface area (Å²) in [6.07, 6.45) is 9.85. The molecule has 118 valence electrons. The molecule has 20 heavy (non-hydrogen) atoms. The number of carbonyl (C=O) groups excluding carboxylic acids is 1. The molecule has 0 aromatic heterocycles. The van der Waals surface area contributed by atoms with Crippen molar-refractivity contribution in [2.24, 2.45) is 11.7 Å². The summed E-state index contributed by atoms with van der Waals surface area (Å²) >= 11 is 0. The lowest BCUT2D eigenvalue weighted by Crippen LogP contribution is -2.39. The summed E-state index contributed by atoms with van der Waals surface area (Å²) in [4.78, 5) is 14.6. The molecular weight excluding hydrogens is 248 g/mol. The van der Waals surface area contributed by atoms with Crippen molar-refractivity contribution < 1.29 is 4.79 Å². The van der Waals surface area contributed by atoms with Gasteiger partial charge in [0.05, 0.1) is 0 Å². The molecule has 2 N–H and O–H groups in total. The van der Waals surface area contributed by atoms with E-state index < -0.39 is 0 Å². The van der Waals surface area contributed by atoms with Crippen molar-refractivity contribution in [1.29, 1.82) is 0 Å². The minimum atomic E-state index is 0.354. The minimum absolute atomic E-state index is 0.354. The summed E-state index contributed by atoms with van der Waals surface area (Å²) in [6.45, 7) is 7.44. The van der Waals surface area contributed by atoms with Crippen molar-refractivity contribution in [2.45, 2.75) is 90.6 Å². The quantitative estimate of drug-likeness (QED) is 0.737. The molecular formula is C17H34N2O. The van der Waals surface area contributed by atoms with Crippen molar-refractivity contribution >= 4 is 5.91 Å². The van der Waals surface area contributed by atoms with Gasteiger partial charge in [0.15, 0.2) is 0 Å². The predicted molar refractivity (Wildman–Crippen MR) is 85.5 cm³/mol. The Morgan fingerprint density at radius 3 is 2.70 bits per heavy atom. The zero-order valence-corrected chi connectivity index (χ0v) is 13.7. The van der Waals surface area contributed by atoms with Gasteiger partial charge in [-0.2, -0.15) is 0 Å². The molecule has 1 amide bonds. The van der Waals surface area contributed by atoms with Gasteiger partial charge in [0.2, 0.25) is 5.91 Å². The first kappa shape index (κ1) is 17.5. The van der Waals surface area contributed by atoms with Crippen LogP contribution in [0.2, 0.25) is 0 Å². The van der Waals surface area contributed by atoms with Crippen LogP contribution in [0.25, 0.3) is 0 Å². The van der Waals surface area contributed by atoms with Crippen LogP contribution in [0.4, 0.5) is 0 Å². The maximum Gasteiger partial charge on any atom is 0.222 e. The third-order valence-corrected chi connectivity index (χ3v) is 4.79. The van der Waals surface area contributed by atoms with E-state index >= 15 is 0 Å². The topological polar surface area (TPSA) is 46.3 Å². The second-order valence-corrected chi connectivity index (χ2v) is 6.53. The van der Waals surface area contributed by atoms with Crippen molar-refractivity contribution in [3.05, 3.63) is 0 Å². The maximum absolute atomic E-state index is 12.5. The largest absolute Gasteiger partial charge is 0.340 e.